The Morgan fingerprint density at radius 3 is 2.65 bits per heavy atom. The summed E-state index contributed by atoms with van der Waals surface area (Å²) in [7, 11) is 1.28. The molecular weight excluding hydrogens is 260 g/mol. The molecule has 0 fully saturated rings. The second kappa shape index (κ2) is 5.40. The van der Waals surface area contributed by atoms with E-state index in [2.05, 4.69) is 9.72 Å². The number of aromatic nitrogens is 1. The van der Waals surface area contributed by atoms with Crippen LogP contribution in [0.25, 0.3) is 11.1 Å². The normalized spacial score (nSPS) is 10.1. The second-order valence-corrected chi connectivity index (χ2v) is 4.01. The zero-order valence-corrected chi connectivity index (χ0v) is 10.7. The molecule has 0 amide bonds. The topological polar surface area (TPSA) is 103 Å². The second-order valence-electron chi connectivity index (χ2n) is 4.01. The van der Waals surface area contributed by atoms with E-state index in [0.29, 0.717) is 16.7 Å². The summed E-state index contributed by atoms with van der Waals surface area (Å²) >= 11 is 0. The molecule has 0 saturated carbocycles. The van der Waals surface area contributed by atoms with Gasteiger partial charge in [-0.3, -0.25) is 0 Å². The lowest BCUT2D eigenvalue weighted by Gasteiger charge is -2.08. The van der Waals surface area contributed by atoms with E-state index in [4.69, 9.17) is 10.8 Å². The number of esters is 1. The first-order chi connectivity index (χ1) is 9.52. The molecule has 0 aliphatic heterocycles. The van der Waals surface area contributed by atoms with E-state index in [-0.39, 0.29) is 11.5 Å². The Bertz CT molecular complexity index is 683. The van der Waals surface area contributed by atoms with Crippen LogP contribution in [0.1, 0.15) is 20.8 Å². The molecule has 1 heterocycles. The number of methoxy groups -OCH3 is 1. The van der Waals surface area contributed by atoms with Gasteiger partial charge in [0, 0.05) is 5.56 Å². The first-order valence-electron chi connectivity index (χ1n) is 5.71. The van der Waals surface area contributed by atoms with Crippen LogP contribution in [-0.4, -0.2) is 29.1 Å². The number of anilines is 1. The summed E-state index contributed by atoms with van der Waals surface area (Å²) in [4.78, 5) is 26.5. The van der Waals surface area contributed by atoms with Crippen molar-refractivity contribution in [2.75, 3.05) is 12.8 Å². The molecule has 1 aromatic heterocycles. The van der Waals surface area contributed by atoms with E-state index >= 15 is 0 Å². The minimum absolute atomic E-state index is 0.121. The van der Waals surface area contributed by atoms with Gasteiger partial charge in [-0.1, -0.05) is 12.1 Å². The summed E-state index contributed by atoms with van der Waals surface area (Å²) in [5.41, 5.74) is 6.61. The standard InChI is InChI=1S/C14H12N2O4/c1-20-14(19)9-4-2-3-8(7-9)10-5-6-11(15)16-12(10)13(17)18/h2-7H,1H3,(H2,15,16)(H,17,18). The Hall–Kier alpha value is -2.89. The van der Waals surface area contributed by atoms with E-state index in [1.165, 1.54) is 13.2 Å². The summed E-state index contributed by atoms with van der Waals surface area (Å²) in [6.07, 6.45) is 0. The fraction of sp³-hybridized carbons (Fsp3) is 0.0714. The SMILES string of the molecule is COC(=O)c1cccc(-c2ccc(N)nc2C(=O)O)c1. The van der Waals surface area contributed by atoms with Crippen molar-refractivity contribution in [2.24, 2.45) is 0 Å². The molecule has 0 bridgehead atoms. The summed E-state index contributed by atoms with van der Waals surface area (Å²) in [5.74, 6) is -1.56. The molecular formula is C14H12N2O4. The molecule has 0 spiro atoms. The van der Waals surface area contributed by atoms with Gasteiger partial charge in [0.05, 0.1) is 12.7 Å². The van der Waals surface area contributed by atoms with Gasteiger partial charge in [0.15, 0.2) is 5.69 Å². The van der Waals surface area contributed by atoms with Crippen molar-refractivity contribution in [2.45, 2.75) is 0 Å². The lowest BCUT2D eigenvalue weighted by molar-refractivity contribution is 0.0600. The van der Waals surface area contributed by atoms with E-state index in [0.717, 1.165) is 0 Å². The minimum atomic E-state index is -1.18. The molecule has 0 atom stereocenters. The highest BCUT2D eigenvalue weighted by molar-refractivity contribution is 5.96. The number of carbonyl (C=O) groups excluding carboxylic acids is 1. The Kier molecular flexibility index (Phi) is 3.65. The van der Waals surface area contributed by atoms with Gasteiger partial charge in [-0.2, -0.15) is 0 Å². The van der Waals surface area contributed by atoms with Gasteiger partial charge in [0.25, 0.3) is 0 Å². The molecule has 0 saturated heterocycles. The van der Waals surface area contributed by atoms with Crippen molar-refractivity contribution in [3.8, 4) is 11.1 Å². The predicted molar refractivity (Wildman–Crippen MR) is 72.4 cm³/mol. The van der Waals surface area contributed by atoms with E-state index in [1.54, 1.807) is 30.3 Å². The number of carboxylic acids is 1. The molecule has 3 N–H and O–H groups in total. The van der Waals surface area contributed by atoms with Crippen LogP contribution in [0, 0.1) is 0 Å². The van der Waals surface area contributed by atoms with E-state index < -0.39 is 11.9 Å². The minimum Gasteiger partial charge on any atom is -0.476 e. The zero-order chi connectivity index (χ0) is 14.7. The number of hydrogen-bond donors (Lipinski definition) is 2. The van der Waals surface area contributed by atoms with Crippen molar-refractivity contribution < 1.29 is 19.4 Å². The number of nitrogens with zero attached hydrogens (tertiary/aromatic N) is 1. The van der Waals surface area contributed by atoms with E-state index in [9.17, 15) is 9.59 Å². The summed E-state index contributed by atoms with van der Waals surface area (Å²) in [5, 5.41) is 9.17. The fourth-order valence-corrected chi connectivity index (χ4v) is 1.80. The lowest BCUT2D eigenvalue weighted by atomic mass is 10.0. The molecule has 0 unspecified atom stereocenters. The van der Waals surface area contributed by atoms with Crippen LogP contribution < -0.4 is 5.73 Å². The number of hydrogen-bond acceptors (Lipinski definition) is 5. The number of nitrogens with two attached hydrogens (primary N) is 1. The molecule has 6 nitrogen and oxygen atoms in total. The van der Waals surface area contributed by atoms with E-state index in [1.807, 2.05) is 0 Å². The highest BCUT2D eigenvalue weighted by atomic mass is 16.5. The van der Waals surface area contributed by atoms with Crippen LogP contribution in [0.5, 0.6) is 0 Å². The van der Waals surface area contributed by atoms with Gasteiger partial charge in [0.1, 0.15) is 5.82 Å². The van der Waals surface area contributed by atoms with Gasteiger partial charge in [-0.05, 0) is 29.8 Å². The van der Waals surface area contributed by atoms with Gasteiger partial charge in [0.2, 0.25) is 0 Å². The van der Waals surface area contributed by atoms with Crippen LogP contribution in [-0.2, 0) is 4.74 Å². The molecule has 2 aromatic rings. The van der Waals surface area contributed by atoms with Gasteiger partial charge < -0.3 is 15.6 Å². The summed E-state index contributed by atoms with van der Waals surface area (Å²) in [6, 6.07) is 9.52. The molecule has 0 aliphatic rings. The van der Waals surface area contributed by atoms with Crippen molar-refractivity contribution in [1.82, 2.24) is 4.98 Å². The van der Waals surface area contributed by atoms with Crippen molar-refractivity contribution in [3.63, 3.8) is 0 Å². The molecule has 0 radical (unpaired) electrons. The van der Waals surface area contributed by atoms with Gasteiger partial charge in [-0.25, -0.2) is 14.6 Å². The van der Waals surface area contributed by atoms with Crippen LogP contribution in [0.3, 0.4) is 0 Å². The molecule has 1 aromatic carbocycles. The lowest BCUT2D eigenvalue weighted by Crippen LogP contribution is -2.06. The third kappa shape index (κ3) is 2.59. The van der Waals surface area contributed by atoms with Crippen molar-refractivity contribution in [1.29, 1.82) is 0 Å². The number of carboxylic acid groups (broad SMARTS) is 1. The molecule has 102 valence electrons. The number of nitrogen functional groups attached to an aromatic ring is 1. The van der Waals surface area contributed by atoms with Gasteiger partial charge in [-0.15, -0.1) is 0 Å². The largest absolute Gasteiger partial charge is 0.476 e. The Morgan fingerprint density at radius 1 is 1.25 bits per heavy atom. The number of pyridine rings is 1. The number of rotatable bonds is 3. The zero-order valence-electron chi connectivity index (χ0n) is 10.7. The average Bonchev–Trinajstić information content (AvgIpc) is 2.46. The summed E-state index contributed by atoms with van der Waals surface area (Å²) < 4.78 is 4.63. The number of benzene rings is 1. The molecule has 0 aliphatic carbocycles. The quantitative estimate of drug-likeness (QED) is 0.826. The highest BCUT2D eigenvalue weighted by Crippen LogP contribution is 2.24. The monoisotopic (exact) mass is 272 g/mol. The Morgan fingerprint density at radius 2 is 2.00 bits per heavy atom. The average molecular weight is 272 g/mol. The van der Waals surface area contributed by atoms with Crippen molar-refractivity contribution >= 4 is 17.8 Å². The maximum atomic E-state index is 11.5. The van der Waals surface area contributed by atoms with Crippen LogP contribution in [0.2, 0.25) is 0 Å². The predicted octanol–water partition coefficient (Wildman–Crippen LogP) is 1.82. The first-order valence-corrected chi connectivity index (χ1v) is 5.71. The third-order valence-corrected chi connectivity index (χ3v) is 2.71. The first kappa shape index (κ1) is 13.5. The van der Waals surface area contributed by atoms with Crippen LogP contribution in [0.15, 0.2) is 36.4 Å². The Balaban J connectivity index is 2.57. The number of ether oxygens (including phenoxy) is 1. The fourth-order valence-electron chi connectivity index (χ4n) is 1.80. The summed E-state index contributed by atoms with van der Waals surface area (Å²) in [6.45, 7) is 0. The van der Waals surface area contributed by atoms with Crippen LogP contribution in [0.4, 0.5) is 5.82 Å². The molecule has 20 heavy (non-hydrogen) atoms. The maximum Gasteiger partial charge on any atom is 0.355 e. The third-order valence-electron chi connectivity index (χ3n) is 2.71. The number of carbonyl (C=O) groups is 2. The van der Waals surface area contributed by atoms with Crippen LogP contribution >= 0.6 is 0 Å². The van der Waals surface area contributed by atoms with Crippen molar-refractivity contribution in [3.05, 3.63) is 47.7 Å². The maximum absolute atomic E-state index is 11.5. The number of aromatic carboxylic acids is 1. The molecule has 6 heteroatoms. The van der Waals surface area contributed by atoms with Gasteiger partial charge >= 0.3 is 11.9 Å². The smallest absolute Gasteiger partial charge is 0.355 e. The highest BCUT2D eigenvalue weighted by Gasteiger charge is 2.15. The molecule has 2 rings (SSSR count). The Labute approximate surface area is 114 Å².